The van der Waals surface area contributed by atoms with Gasteiger partial charge in [-0.2, -0.15) is 0 Å². The maximum atomic E-state index is 2.46. The molecule has 1 nitrogen and oxygen atoms in total. The fourth-order valence-electron chi connectivity index (χ4n) is 5.30. The van der Waals surface area contributed by atoms with Gasteiger partial charge in [-0.3, -0.25) is 0 Å². The summed E-state index contributed by atoms with van der Waals surface area (Å²) in [6.45, 7) is 4.91. The first-order valence-corrected chi connectivity index (χ1v) is 14.9. The minimum Gasteiger partial charge on any atom is -0.309 e. The zero-order valence-corrected chi connectivity index (χ0v) is 20.6. The minimum absolute atomic E-state index is 1.20. The molecule has 0 bridgehead atoms. The number of para-hydroxylation sites is 2. The first kappa shape index (κ1) is 20.7. The van der Waals surface area contributed by atoms with E-state index in [1.54, 1.807) is 0 Å². The lowest BCUT2D eigenvalue weighted by Gasteiger charge is -2.27. The maximum absolute atomic E-state index is 2.46. The van der Waals surface area contributed by atoms with Crippen LogP contribution in [0, 0.1) is 0 Å². The Morgan fingerprint density at radius 2 is 1.12 bits per heavy atom. The lowest BCUT2D eigenvalue weighted by Crippen LogP contribution is -2.53. The van der Waals surface area contributed by atoms with E-state index in [1.165, 1.54) is 49.0 Å². The number of hydrogen-bond acceptors (Lipinski definition) is 0. The van der Waals surface area contributed by atoms with Crippen LogP contribution < -0.4 is 10.4 Å². The molecule has 0 aliphatic carbocycles. The van der Waals surface area contributed by atoms with Gasteiger partial charge >= 0.3 is 0 Å². The molecule has 2 heteroatoms. The average molecular weight is 454 g/mol. The molecule has 6 rings (SSSR count). The smallest absolute Gasteiger partial charge is 0.113 e. The molecule has 6 aromatic rings. The van der Waals surface area contributed by atoms with Gasteiger partial charge in [0.15, 0.2) is 0 Å². The molecular weight excluding hydrogens is 426 g/mol. The Morgan fingerprint density at radius 1 is 0.529 bits per heavy atom. The molecule has 0 fully saturated rings. The fourth-order valence-corrected chi connectivity index (χ4v) is 8.05. The summed E-state index contributed by atoms with van der Waals surface area (Å²) in [6, 6.07) is 46.4. The molecular formula is C32H27NSi. The highest BCUT2D eigenvalue weighted by atomic mass is 28.3. The third-order valence-electron chi connectivity index (χ3n) is 7.09. The van der Waals surface area contributed by atoms with Crippen LogP contribution in [0.2, 0.25) is 13.1 Å². The molecule has 1 heterocycles. The third kappa shape index (κ3) is 3.30. The van der Waals surface area contributed by atoms with Crippen molar-refractivity contribution < 1.29 is 0 Å². The highest BCUT2D eigenvalue weighted by Gasteiger charge is 2.28. The van der Waals surface area contributed by atoms with Crippen molar-refractivity contribution in [3.63, 3.8) is 0 Å². The van der Waals surface area contributed by atoms with Gasteiger partial charge in [0, 0.05) is 16.5 Å². The first-order chi connectivity index (χ1) is 16.6. The third-order valence-corrected chi connectivity index (χ3v) is 10.7. The van der Waals surface area contributed by atoms with E-state index in [2.05, 4.69) is 145 Å². The molecule has 0 N–H and O–H groups in total. The molecule has 0 spiro atoms. The van der Waals surface area contributed by atoms with Crippen molar-refractivity contribution in [2.75, 3.05) is 0 Å². The van der Waals surface area contributed by atoms with Gasteiger partial charge in [-0.15, -0.1) is 0 Å². The van der Waals surface area contributed by atoms with E-state index in [4.69, 9.17) is 0 Å². The molecule has 0 unspecified atom stereocenters. The van der Waals surface area contributed by atoms with Crippen molar-refractivity contribution >= 4 is 40.3 Å². The number of aromatic nitrogens is 1. The second kappa shape index (κ2) is 8.16. The largest absolute Gasteiger partial charge is 0.309 e. The van der Waals surface area contributed by atoms with Crippen molar-refractivity contribution in [3.8, 4) is 16.8 Å². The van der Waals surface area contributed by atoms with Crippen LogP contribution in [0.1, 0.15) is 0 Å². The van der Waals surface area contributed by atoms with E-state index in [9.17, 15) is 0 Å². The maximum Gasteiger partial charge on any atom is 0.113 e. The molecule has 0 saturated heterocycles. The summed E-state index contributed by atoms with van der Waals surface area (Å²) in [4.78, 5) is 0. The summed E-state index contributed by atoms with van der Waals surface area (Å²) in [7, 11) is -1.86. The lowest BCUT2D eigenvalue weighted by atomic mass is 10.0. The Balaban J connectivity index is 1.55. The Bertz CT molecular complexity index is 1570. The monoisotopic (exact) mass is 453 g/mol. The van der Waals surface area contributed by atoms with E-state index in [0.29, 0.717) is 0 Å². The van der Waals surface area contributed by atoms with E-state index >= 15 is 0 Å². The number of fused-ring (bicyclic) bond motifs is 3. The van der Waals surface area contributed by atoms with Gasteiger partial charge in [0.1, 0.15) is 8.07 Å². The average Bonchev–Trinajstić information content (AvgIpc) is 3.24. The predicted molar refractivity (Wildman–Crippen MR) is 149 cm³/mol. The summed E-state index contributed by atoms with van der Waals surface area (Å²) in [5.41, 5.74) is 6.29. The highest BCUT2D eigenvalue weighted by molar-refractivity contribution is 7.01. The molecule has 1 aromatic heterocycles. The standard InChI is InChI=1S/C32H27NSi/c1-34(2,26-15-4-3-5-16-26)32-22-11-8-17-27(32)24-13-12-14-25(23-24)33-30-20-9-6-18-28(30)29-19-7-10-21-31(29)33/h3-23H,1-2H3. The van der Waals surface area contributed by atoms with Crippen molar-refractivity contribution in [2.45, 2.75) is 13.1 Å². The van der Waals surface area contributed by atoms with Crippen LogP contribution in [0.15, 0.2) is 127 Å². The van der Waals surface area contributed by atoms with Gasteiger partial charge in [-0.25, -0.2) is 0 Å². The zero-order valence-electron chi connectivity index (χ0n) is 19.6. The van der Waals surface area contributed by atoms with Gasteiger partial charge in [0.25, 0.3) is 0 Å². The van der Waals surface area contributed by atoms with Gasteiger partial charge in [0.2, 0.25) is 0 Å². The Morgan fingerprint density at radius 3 is 1.82 bits per heavy atom. The molecule has 0 radical (unpaired) electrons. The minimum atomic E-state index is -1.86. The second-order valence-electron chi connectivity index (χ2n) is 9.46. The van der Waals surface area contributed by atoms with Crippen LogP contribution in [0.5, 0.6) is 0 Å². The van der Waals surface area contributed by atoms with Crippen LogP contribution in [-0.2, 0) is 0 Å². The number of rotatable bonds is 4. The van der Waals surface area contributed by atoms with Crippen LogP contribution in [0.4, 0.5) is 0 Å². The quantitative estimate of drug-likeness (QED) is 0.247. The van der Waals surface area contributed by atoms with E-state index in [-0.39, 0.29) is 0 Å². The van der Waals surface area contributed by atoms with Gasteiger partial charge in [-0.1, -0.05) is 121 Å². The molecule has 0 aliphatic rings. The second-order valence-corrected chi connectivity index (χ2v) is 13.8. The summed E-state index contributed by atoms with van der Waals surface area (Å²) < 4.78 is 2.40. The molecule has 0 atom stereocenters. The van der Waals surface area contributed by atoms with Gasteiger partial charge in [0.05, 0.1) is 11.0 Å². The normalized spacial score (nSPS) is 11.8. The van der Waals surface area contributed by atoms with Crippen LogP contribution >= 0.6 is 0 Å². The lowest BCUT2D eigenvalue weighted by molar-refractivity contribution is 1.18. The molecule has 5 aromatic carbocycles. The topological polar surface area (TPSA) is 4.93 Å². The summed E-state index contributed by atoms with van der Waals surface area (Å²) in [5.74, 6) is 0. The van der Waals surface area contributed by atoms with Crippen LogP contribution in [0.3, 0.4) is 0 Å². The number of benzene rings is 5. The SMILES string of the molecule is C[Si](C)(c1ccccc1)c1ccccc1-c1cccc(-n2c3ccccc3c3ccccc32)c1. The number of nitrogens with zero attached hydrogens (tertiary/aromatic N) is 1. The van der Waals surface area contributed by atoms with E-state index in [0.717, 1.165) is 0 Å². The summed E-state index contributed by atoms with van der Waals surface area (Å²) in [5, 5.41) is 5.52. The van der Waals surface area contributed by atoms with Crippen molar-refractivity contribution in [2.24, 2.45) is 0 Å². The summed E-state index contributed by atoms with van der Waals surface area (Å²) in [6.07, 6.45) is 0. The number of hydrogen-bond donors (Lipinski definition) is 0. The van der Waals surface area contributed by atoms with E-state index in [1.807, 2.05) is 0 Å². The first-order valence-electron chi connectivity index (χ1n) is 11.9. The van der Waals surface area contributed by atoms with E-state index < -0.39 is 8.07 Å². The molecule has 34 heavy (non-hydrogen) atoms. The molecule has 0 saturated carbocycles. The van der Waals surface area contributed by atoms with Gasteiger partial charge in [-0.05, 0) is 40.6 Å². The van der Waals surface area contributed by atoms with Crippen molar-refractivity contribution in [1.29, 1.82) is 0 Å². The zero-order chi connectivity index (χ0) is 23.1. The highest BCUT2D eigenvalue weighted by Crippen LogP contribution is 2.33. The van der Waals surface area contributed by atoms with Gasteiger partial charge < -0.3 is 4.57 Å². The summed E-state index contributed by atoms with van der Waals surface area (Å²) >= 11 is 0. The fraction of sp³-hybridized carbons (Fsp3) is 0.0625. The Labute approximate surface area is 201 Å². The van der Waals surface area contributed by atoms with Crippen LogP contribution in [-0.4, -0.2) is 12.6 Å². The van der Waals surface area contributed by atoms with Crippen LogP contribution in [0.25, 0.3) is 38.6 Å². The van der Waals surface area contributed by atoms with Crippen molar-refractivity contribution in [1.82, 2.24) is 4.57 Å². The molecule has 164 valence electrons. The van der Waals surface area contributed by atoms with Crippen molar-refractivity contribution in [3.05, 3.63) is 127 Å². The molecule has 0 amide bonds. The Hall–Kier alpha value is -3.88. The molecule has 0 aliphatic heterocycles. The predicted octanol–water partition coefficient (Wildman–Crippen LogP) is 7.27. The Kier molecular flexibility index (Phi) is 4.97.